The largest absolute Gasteiger partial charge is 0.394 e. The van der Waals surface area contributed by atoms with Crippen molar-refractivity contribution in [3.8, 4) is 5.00 Å². The Morgan fingerprint density at radius 1 is 1.32 bits per heavy atom. The molecule has 3 heterocycles. The van der Waals surface area contributed by atoms with Crippen LogP contribution in [0.1, 0.15) is 21.7 Å². The first-order valence-electron chi connectivity index (χ1n) is 7.36. The lowest BCUT2D eigenvalue weighted by Crippen LogP contribution is -2.55. The van der Waals surface area contributed by atoms with Crippen molar-refractivity contribution in [2.45, 2.75) is 20.0 Å². The molecule has 1 amide bonds. The average molecular weight is 320 g/mol. The topological polar surface area (TPSA) is 54.7 Å². The van der Waals surface area contributed by atoms with Gasteiger partial charge in [-0.3, -0.25) is 4.79 Å². The van der Waals surface area contributed by atoms with Crippen LogP contribution >= 0.6 is 11.3 Å². The van der Waals surface area contributed by atoms with Gasteiger partial charge in [-0.1, -0.05) is 0 Å². The molecule has 2 aromatic heterocycles. The van der Waals surface area contributed by atoms with Crippen molar-refractivity contribution >= 4 is 17.2 Å². The highest BCUT2D eigenvalue weighted by Gasteiger charge is 2.33. The van der Waals surface area contributed by atoms with E-state index in [-0.39, 0.29) is 18.6 Å². The summed E-state index contributed by atoms with van der Waals surface area (Å²) in [6, 6.07) is 6.01. The van der Waals surface area contributed by atoms with E-state index in [4.69, 9.17) is 9.84 Å². The number of rotatable bonds is 5. The second-order valence-corrected chi connectivity index (χ2v) is 6.41. The monoisotopic (exact) mass is 320 g/mol. The average Bonchev–Trinajstić information content (AvgIpc) is 3.03. The summed E-state index contributed by atoms with van der Waals surface area (Å²) in [6.07, 6.45) is 0.0493. The van der Waals surface area contributed by atoms with Crippen LogP contribution in [0.4, 0.5) is 0 Å². The zero-order valence-corrected chi connectivity index (χ0v) is 13.6. The second-order valence-electron chi connectivity index (χ2n) is 5.52. The van der Waals surface area contributed by atoms with E-state index in [9.17, 15) is 4.79 Å². The summed E-state index contributed by atoms with van der Waals surface area (Å²) in [5.41, 5.74) is 3.00. The predicted octanol–water partition coefficient (Wildman–Crippen LogP) is 1.99. The van der Waals surface area contributed by atoms with Crippen molar-refractivity contribution in [1.82, 2.24) is 9.47 Å². The molecule has 0 saturated carbocycles. The lowest BCUT2D eigenvalue weighted by Gasteiger charge is -2.38. The molecule has 5 nitrogen and oxygen atoms in total. The summed E-state index contributed by atoms with van der Waals surface area (Å²) < 4.78 is 7.54. The molecule has 3 rings (SSSR count). The van der Waals surface area contributed by atoms with Gasteiger partial charge in [-0.25, -0.2) is 0 Å². The normalized spacial score (nSPS) is 15.1. The highest BCUT2D eigenvalue weighted by Crippen LogP contribution is 2.28. The standard InChI is InChI=1S/C16H20N2O3S/c1-11-3-4-12(2)18(11)16-14(5-8-22-16)15(20)17-9-13(10-17)21-7-6-19/h3-5,8,13,19H,6-7,9-10H2,1-2H3. The van der Waals surface area contributed by atoms with Crippen LogP contribution in [0.25, 0.3) is 5.00 Å². The number of nitrogens with zero attached hydrogens (tertiary/aromatic N) is 2. The Labute approximate surface area is 133 Å². The van der Waals surface area contributed by atoms with Gasteiger partial charge in [-0.15, -0.1) is 11.3 Å². The van der Waals surface area contributed by atoms with E-state index >= 15 is 0 Å². The van der Waals surface area contributed by atoms with E-state index in [1.807, 2.05) is 25.3 Å². The SMILES string of the molecule is Cc1ccc(C)n1-c1sccc1C(=O)N1CC(OCCO)C1. The molecule has 1 N–H and O–H groups in total. The van der Waals surface area contributed by atoms with Gasteiger partial charge in [0.05, 0.1) is 24.9 Å². The smallest absolute Gasteiger partial charge is 0.257 e. The molecular weight excluding hydrogens is 300 g/mol. The summed E-state index contributed by atoms with van der Waals surface area (Å²) in [4.78, 5) is 14.5. The molecule has 1 saturated heterocycles. The minimum absolute atomic E-state index is 0.0192. The zero-order chi connectivity index (χ0) is 15.7. The van der Waals surface area contributed by atoms with E-state index in [2.05, 4.69) is 16.7 Å². The highest BCUT2D eigenvalue weighted by atomic mass is 32.1. The van der Waals surface area contributed by atoms with Crippen molar-refractivity contribution < 1.29 is 14.6 Å². The number of aliphatic hydroxyl groups is 1. The molecule has 0 spiro atoms. The van der Waals surface area contributed by atoms with Crippen LogP contribution in [0.2, 0.25) is 0 Å². The van der Waals surface area contributed by atoms with Gasteiger partial charge in [0.1, 0.15) is 5.00 Å². The Kier molecular flexibility index (Phi) is 4.33. The van der Waals surface area contributed by atoms with Crippen LogP contribution in [0.15, 0.2) is 23.6 Å². The van der Waals surface area contributed by atoms with Crippen molar-refractivity contribution in [3.63, 3.8) is 0 Å². The molecule has 6 heteroatoms. The van der Waals surface area contributed by atoms with Crippen molar-refractivity contribution in [1.29, 1.82) is 0 Å². The van der Waals surface area contributed by atoms with Gasteiger partial charge < -0.3 is 19.3 Å². The van der Waals surface area contributed by atoms with E-state index in [0.29, 0.717) is 19.7 Å². The number of aromatic nitrogens is 1. The van der Waals surface area contributed by atoms with Crippen LogP contribution < -0.4 is 0 Å². The Morgan fingerprint density at radius 3 is 2.64 bits per heavy atom. The lowest BCUT2D eigenvalue weighted by atomic mass is 10.1. The Hall–Kier alpha value is -1.63. The molecule has 1 aliphatic rings. The van der Waals surface area contributed by atoms with Gasteiger partial charge >= 0.3 is 0 Å². The number of amides is 1. The molecule has 0 aliphatic carbocycles. The van der Waals surface area contributed by atoms with E-state index in [1.54, 1.807) is 16.2 Å². The molecule has 22 heavy (non-hydrogen) atoms. The summed E-state index contributed by atoms with van der Waals surface area (Å²) in [5.74, 6) is 0.0487. The first-order chi connectivity index (χ1) is 10.6. The van der Waals surface area contributed by atoms with Gasteiger partial charge in [0.2, 0.25) is 0 Å². The van der Waals surface area contributed by atoms with Gasteiger partial charge in [0.15, 0.2) is 0 Å². The quantitative estimate of drug-likeness (QED) is 0.916. The number of carbonyl (C=O) groups excluding carboxylic acids is 1. The van der Waals surface area contributed by atoms with E-state index in [0.717, 1.165) is 22.0 Å². The van der Waals surface area contributed by atoms with Crippen molar-refractivity contribution in [2.75, 3.05) is 26.3 Å². The highest BCUT2D eigenvalue weighted by molar-refractivity contribution is 7.13. The molecule has 0 bridgehead atoms. The maximum Gasteiger partial charge on any atom is 0.257 e. The Balaban J connectivity index is 1.75. The number of hydrogen-bond acceptors (Lipinski definition) is 4. The molecule has 0 aromatic carbocycles. The van der Waals surface area contributed by atoms with Gasteiger partial charge in [0.25, 0.3) is 5.91 Å². The fourth-order valence-electron chi connectivity index (χ4n) is 2.73. The second kappa shape index (κ2) is 6.24. The molecule has 2 aromatic rings. The van der Waals surface area contributed by atoms with Gasteiger partial charge in [-0.2, -0.15) is 0 Å². The first-order valence-corrected chi connectivity index (χ1v) is 8.24. The van der Waals surface area contributed by atoms with E-state index < -0.39 is 0 Å². The summed E-state index contributed by atoms with van der Waals surface area (Å²) in [5, 5.41) is 11.7. The third-order valence-electron chi connectivity index (χ3n) is 3.93. The number of aryl methyl sites for hydroxylation is 2. The van der Waals surface area contributed by atoms with Crippen LogP contribution in [0.3, 0.4) is 0 Å². The summed E-state index contributed by atoms with van der Waals surface area (Å²) >= 11 is 1.58. The molecule has 0 unspecified atom stereocenters. The fourth-order valence-corrected chi connectivity index (χ4v) is 3.73. The number of ether oxygens (including phenoxy) is 1. The zero-order valence-electron chi connectivity index (χ0n) is 12.8. The Morgan fingerprint density at radius 2 is 2.00 bits per heavy atom. The minimum atomic E-state index is 0.0192. The number of aliphatic hydroxyl groups excluding tert-OH is 1. The van der Waals surface area contributed by atoms with Crippen molar-refractivity contribution in [3.05, 3.63) is 40.5 Å². The molecule has 0 radical (unpaired) electrons. The maximum absolute atomic E-state index is 12.7. The summed E-state index contributed by atoms with van der Waals surface area (Å²) in [6.45, 7) is 5.63. The minimum Gasteiger partial charge on any atom is -0.394 e. The van der Waals surface area contributed by atoms with E-state index in [1.165, 1.54) is 0 Å². The maximum atomic E-state index is 12.7. The predicted molar refractivity (Wildman–Crippen MR) is 85.8 cm³/mol. The lowest BCUT2D eigenvalue weighted by molar-refractivity contribution is -0.0515. The number of hydrogen-bond donors (Lipinski definition) is 1. The number of likely N-dealkylation sites (tertiary alicyclic amines) is 1. The van der Waals surface area contributed by atoms with Gasteiger partial charge in [-0.05, 0) is 37.4 Å². The fraction of sp³-hybridized carbons (Fsp3) is 0.438. The molecule has 1 fully saturated rings. The molecule has 0 atom stereocenters. The van der Waals surface area contributed by atoms with Crippen LogP contribution in [0, 0.1) is 13.8 Å². The first kappa shape index (κ1) is 15.3. The molecule has 1 aliphatic heterocycles. The molecular formula is C16H20N2O3S. The third-order valence-corrected chi connectivity index (χ3v) is 4.83. The Bertz CT molecular complexity index is 651. The van der Waals surface area contributed by atoms with Gasteiger partial charge in [0, 0.05) is 24.5 Å². The molecule has 118 valence electrons. The van der Waals surface area contributed by atoms with Crippen LogP contribution in [-0.2, 0) is 4.74 Å². The number of thiophene rings is 1. The number of carbonyl (C=O) groups is 1. The third kappa shape index (κ3) is 2.69. The van der Waals surface area contributed by atoms with Crippen LogP contribution in [-0.4, -0.2) is 52.9 Å². The summed E-state index contributed by atoms with van der Waals surface area (Å²) in [7, 11) is 0. The van der Waals surface area contributed by atoms with Crippen LogP contribution in [0.5, 0.6) is 0 Å². The van der Waals surface area contributed by atoms with Crippen molar-refractivity contribution in [2.24, 2.45) is 0 Å².